The minimum Gasteiger partial charge on any atom is -0.394 e. The van der Waals surface area contributed by atoms with Crippen molar-refractivity contribution in [2.75, 3.05) is 12.4 Å². The maximum absolute atomic E-state index is 9.47. The van der Waals surface area contributed by atoms with E-state index in [4.69, 9.17) is 0 Å². The summed E-state index contributed by atoms with van der Waals surface area (Å²) in [5, 5.41) is 21.8. The molecule has 98 valence electrons. The Morgan fingerprint density at radius 3 is 2.53 bits per heavy atom. The lowest BCUT2D eigenvalue weighted by atomic mass is 10.1. The van der Waals surface area contributed by atoms with Gasteiger partial charge in [-0.15, -0.1) is 10.2 Å². The number of aliphatic hydroxyl groups is 1. The third-order valence-electron chi connectivity index (χ3n) is 2.56. The number of aromatic nitrogens is 3. The highest BCUT2D eigenvalue weighted by molar-refractivity contribution is 7.99. The van der Waals surface area contributed by atoms with Gasteiger partial charge in [0.2, 0.25) is 0 Å². The molecule has 0 radical (unpaired) electrons. The molecule has 0 aliphatic carbocycles. The monoisotopic (exact) mass is 258 g/mol. The molecule has 1 aromatic heterocycles. The minimum absolute atomic E-state index is 0.106. The lowest BCUT2D eigenvalue weighted by Gasteiger charge is -2.30. The summed E-state index contributed by atoms with van der Waals surface area (Å²) in [6.45, 7) is 8.20. The number of aliphatic hydroxyl groups excluding tert-OH is 1. The number of hydrogen-bond acceptors (Lipinski definition) is 5. The van der Waals surface area contributed by atoms with Crippen LogP contribution in [0.5, 0.6) is 0 Å². The zero-order valence-corrected chi connectivity index (χ0v) is 12.0. The van der Waals surface area contributed by atoms with Crippen LogP contribution in [-0.4, -0.2) is 43.8 Å². The van der Waals surface area contributed by atoms with E-state index >= 15 is 0 Å². The van der Waals surface area contributed by atoms with Gasteiger partial charge in [-0.1, -0.05) is 25.6 Å². The molecular formula is C11H22N4OS. The summed E-state index contributed by atoms with van der Waals surface area (Å²) in [4.78, 5) is 0. The van der Waals surface area contributed by atoms with E-state index in [1.807, 2.05) is 25.5 Å². The molecule has 0 spiro atoms. The van der Waals surface area contributed by atoms with Crippen LogP contribution in [-0.2, 0) is 7.05 Å². The predicted molar refractivity (Wildman–Crippen MR) is 70.2 cm³/mol. The van der Waals surface area contributed by atoms with Crippen LogP contribution in [0.3, 0.4) is 0 Å². The van der Waals surface area contributed by atoms with Crippen molar-refractivity contribution in [1.82, 2.24) is 20.1 Å². The SMILES string of the molecule is Cc1nnc(SCC(C)(CO)NC(C)C)n1C. The van der Waals surface area contributed by atoms with Crippen LogP contribution in [0, 0.1) is 6.92 Å². The molecule has 1 unspecified atom stereocenters. The summed E-state index contributed by atoms with van der Waals surface area (Å²) in [7, 11) is 1.95. The van der Waals surface area contributed by atoms with E-state index in [9.17, 15) is 5.11 Å². The number of rotatable bonds is 6. The van der Waals surface area contributed by atoms with Gasteiger partial charge in [-0.3, -0.25) is 0 Å². The van der Waals surface area contributed by atoms with Gasteiger partial charge < -0.3 is 15.0 Å². The van der Waals surface area contributed by atoms with Gasteiger partial charge in [-0.2, -0.15) is 0 Å². The molecule has 5 nitrogen and oxygen atoms in total. The van der Waals surface area contributed by atoms with Crippen molar-refractivity contribution in [1.29, 1.82) is 0 Å². The second-order valence-corrected chi connectivity index (χ2v) is 5.84. The van der Waals surface area contributed by atoms with Crippen molar-refractivity contribution < 1.29 is 5.11 Å². The third-order valence-corrected chi connectivity index (χ3v) is 3.95. The highest BCUT2D eigenvalue weighted by atomic mass is 32.2. The lowest BCUT2D eigenvalue weighted by Crippen LogP contribution is -2.51. The van der Waals surface area contributed by atoms with Gasteiger partial charge in [-0.05, 0) is 13.8 Å². The van der Waals surface area contributed by atoms with Gasteiger partial charge in [0.05, 0.1) is 6.61 Å². The van der Waals surface area contributed by atoms with Crippen LogP contribution in [0.25, 0.3) is 0 Å². The van der Waals surface area contributed by atoms with E-state index < -0.39 is 0 Å². The predicted octanol–water partition coefficient (Wildman–Crippen LogP) is 0.965. The molecule has 0 aliphatic rings. The lowest BCUT2D eigenvalue weighted by molar-refractivity contribution is 0.183. The average Bonchev–Trinajstić information content (AvgIpc) is 2.56. The standard InChI is InChI=1S/C11H22N4OS/c1-8(2)12-11(4,6-16)7-17-10-14-13-9(3)15(10)5/h8,12,16H,6-7H2,1-5H3. The van der Waals surface area contributed by atoms with Gasteiger partial charge >= 0.3 is 0 Å². The number of thioether (sulfide) groups is 1. The van der Waals surface area contributed by atoms with Crippen molar-refractivity contribution >= 4 is 11.8 Å². The molecule has 0 aliphatic heterocycles. The highest BCUT2D eigenvalue weighted by Gasteiger charge is 2.25. The zero-order valence-electron chi connectivity index (χ0n) is 11.2. The molecule has 1 atom stereocenters. The summed E-state index contributed by atoms with van der Waals surface area (Å²) in [6.07, 6.45) is 0. The Labute approximate surface area is 107 Å². The summed E-state index contributed by atoms with van der Waals surface area (Å²) in [5.41, 5.74) is -0.293. The van der Waals surface area contributed by atoms with Crippen LogP contribution in [0.1, 0.15) is 26.6 Å². The van der Waals surface area contributed by atoms with Crippen molar-refractivity contribution in [3.05, 3.63) is 5.82 Å². The Morgan fingerprint density at radius 1 is 1.47 bits per heavy atom. The zero-order chi connectivity index (χ0) is 13.1. The number of aryl methyl sites for hydroxylation is 1. The van der Waals surface area contributed by atoms with E-state index in [0.29, 0.717) is 6.04 Å². The Kier molecular flexibility index (Phi) is 4.97. The van der Waals surface area contributed by atoms with Crippen LogP contribution in [0.2, 0.25) is 0 Å². The molecule has 17 heavy (non-hydrogen) atoms. The molecule has 0 saturated heterocycles. The fraction of sp³-hybridized carbons (Fsp3) is 0.818. The molecule has 0 amide bonds. The molecule has 0 aromatic carbocycles. The van der Waals surface area contributed by atoms with E-state index in [1.54, 1.807) is 11.8 Å². The van der Waals surface area contributed by atoms with Gasteiger partial charge in [0.1, 0.15) is 5.82 Å². The van der Waals surface area contributed by atoms with Gasteiger partial charge in [-0.25, -0.2) is 0 Å². The molecule has 0 fully saturated rings. The number of nitrogens with zero attached hydrogens (tertiary/aromatic N) is 3. The van der Waals surface area contributed by atoms with E-state index in [1.165, 1.54) is 0 Å². The number of hydrogen-bond donors (Lipinski definition) is 2. The van der Waals surface area contributed by atoms with E-state index in [2.05, 4.69) is 29.4 Å². The molecule has 1 aromatic rings. The molecule has 2 N–H and O–H groups in total. The molecule has 0 saturated carbocycles. The molecule has 1 heterocycles. The third kappa shape index (κ3) is 3.97. The van der Waals surface area contributed by atoms with Gasteiger partial charge in [0.25, 0.3) is 0 Å². The maximum Gasteiger partial charge on any atom is 0.191 e. The summed E-state index contributed by atoms with van der Waals surface area (Å²) < 4.78 is 1.96. The summed E-state index contributed by atoms with van der Waals surface area (Å²) >= 11 is 1.61. The molecule has 0 bridgehead atoms. The van der Waals surface area contributed by atoms with Crippen LogP contribution >= 0.6 is 11.8 Å². The Bertz CT molecular complexity index is 366. The maximum atomic E-state index is 9.47. The van der Waals surface area contributed by atoms with E-state index in [0.717, 1.165) is 16.7 Å². The van der Waals surface area contributed by atoms with Crippen molar-refractivity contribution in [3.8, 4) is 0 Å². The van der Waals surface area contributed by atoms with Crippen molar-refractivity contribution in [3.63, 3.8) is 0 Å². The fourth-order valence-corrected chi connectivity index (χ4v) is 2.61. The Hall–Kier alpha value is -0.590. The second kappa shape index (κ2) is 5.84. The fourth-order valence-electron chi connectivity index (χ4n) is 1.57. The quantitative estimate of drug-likeness (QED) is 0.744. The first kappa shape index (κ1) is 14.5. The molecule has 6 heteroatoms. The number of nitrogens with one attached hydrogen (secondary N) is 1. The topological polar surface area (TPSA) is 63.0 Å². The van der Waals surface area contributed by atoms with Gasteiger partial charge in [0, 0.05) is 24.4 Å². The Balaban J connectivity index is 2.61. The minimum atomic E-state index is -0.293. The normalized spacial score (nSPS) is 15.2. The van der Waals surface area contributed by atoms with Crippen LogP contribution in [0.4, 0.5) is 0 Å². The smallest absolute Gasteiger partial charge is 0.191 e. The summed E-state index contributed by atoms with van der Waals surface area (Å²) in [6, 6.07) is 0.342. The van der Waals surface area contributed by atoms with Gasteiger partial charge in [0.15, 0.2) is 5.16 Å². The first-order chi connectivity index (χ1) is 7.88. The summed E-state index contributed by atoms with van der Waals surface area (Å²) in [5.74, 6) is 1.66. The first-order valence-electron chi connectivity index (χ1n) is 5.75. The van der Waals surface area contributed by atoms with Crippen molar-refractivity contribution in [2.45, 2.75) is 44.4 Å². The van der Waals surface area contributed by atoms with E-state index in [-0.39, 0.29) is 12.1 Å². The average molecular weight is 258 g/mol. The van der Waals surface area contributed by atoms with Crippen LogP contribution < -0.4 is 5.32 Å². The van der Waals surface area contributed by atoms with Crippen LogP contribution in [0.15, 0.2) is 5.16 Å². The Morgan fingerprint density at radius 2 is 2.12 bits per heavy atom. The highest BCUT2D eigenvalue weighted by Crippen LogP contribution is 2.21. The first-order valence-corrected chi connectivity index (χ1v) is 6.74. The largest absolute Gasteiger partial charge is 0.394 e. The second-order valence-electron chi connectivity index (χ2n) is 4.90. The molecule has 1 rings (SSSR count). The van der Waals surface area contributed by atoms with Crippen molar-refractivity contribution in [2.24, 2.45) is 7.05 Å². The molecular weight excluding hydrogens is 236 g/mol.